The van der Waals surface area contributed by atoms with E-state index >= 15 is 8.78 Å². The summed E-state index contributed by atoms with van der Waals surface area (Å²) in [7, 11) is 0. The molecular formula is C48H51F2N7O5S. The highest BCUT2D eigenvalue weighted by atomic mass is 32.2. The van der Waals surface area contributed by atoms with E-state index in [-0.39, 0.29) is 47.1 Å². The summed E-state index contributed by atoms with van der Waals surface area (Å²) >= 11 is -1.60. The van der Waals surface area contributed by atoms with Gasteiger partial charge in [0, 0.05) is 78.7 Å². The maximum Gasteiger partial charge on any atom is 0.255 e. The molecule has 3 N–H and O–H groups in total. The average Bonchev–Trinajstić information content (AvgIpc) is 3.85. The van der Waals surface area contributed by atoms with Gasteiger partial charge in [0.1, 0.15) is 28.9 Å². The molecule has 5 aromatic rings. The van der Waals surface area contributed by atoms with Crippen LogP contribution in [0.3, 0.4) is 0 Å². The Morgan fingerprint density at radius 3 is 2.43 bits per heavy atom. The molecule has 63 heavy (non-hydrogen) atoms. The van der Waals surface area contributed by atoms with Crippen LogP contribution >= 0.6 is 0 Å². The third-order valence-electron chi connectivity index (χ3n) is 13.1. The number of anilines is 2. The van der Waals surface area contributed by atoms with Crippen LogP contribution in [0.5, 0.6) is 0 Å². The minimum Gasteiger partial charge on any atom is -0.593 e. The number of fused-ring (bicyclic) bond motifs is 2. The molecule has 6 heterocycles. The second kappa shape index (κ2) is 17.9. The van der Waals surface area contributed by atoms with Crippen molar-refractivity contribution in [3.05, 3.63) is 113 Å². The molecular weight excluding hydrogens is 825 g/mol. The van der Waals surface area contributed by atoms with E-state index in [4.69, 9.17) is 0 Å². The van der Waals surface area contributed by atoms with E-state index in [0.29, 0.717) is 41.4 Å². The summed E-state index contributed by atoms with van der Waals surface area (Å²) in [5.74, 6) is -2.35. The number of H-pyrrole nitrogens is 1. The molecule has 3 aromatic carbocycles. The standard InChI is InChI=1S/C48H51F2N7O5S/c1-28(2)27-63(62)54-40-10-9-39(49)43(44(40)50)45(59)38-24-52-46-37(38)22-33(23-51-46)30-3-6-35(7-4-30)56-19-13-29(14-20-56)25-55-17-15-31(16-18-55)32-5-8-36-34(21-32)26-57(48(36)61)41-11-12-42(58)53-47(41)60/h3-10,21-24,28-29,31,41,54H,11-20,25-27H2,1-2H3,(H,51,52)(H,53,58,60)/t41-,63?/m0/s1. The van der Waals surface area contributed by atoms with Crippen molar-refractivity contribution in [1.82, 2.24) is 25.1 Å². The van der Waals surface area contributed by atoms with Crippen LogP contribution in [0.4, 0.5) is 20.2 Å². The fourth-order valence-corrected chi connectivity index (χ4v) is 10.8. The molecule has 3 fully saturated rings. The van der Waals surface area contributed by atoms with Gasteiger partial charge in [0.05, 0.1) is 16.9 Å². The van der Waals surface area contributed by atoms with Crippen molar-refractivity contribution in [3.8, 4) is 11.1 Å². The second-order valence-corrected chi connectivity index (χ2v) is 19.0. The molecule has 4 aliphatic rings. The zero-order chi connectivity index (χ0) is 43.9. The van der Waals surface area contributed by atoms with Gasteiger partial charge in [0.15, 0.2) is 5.82 Å². The topological polar surface area (TPSA) is 154 Å². The molecule has 2 atom stereocenters. The van der Waals surface area contributed by atoms with Crippen molar-refractivity contribution in [2.75, 3.05) is 48.1 Å². The van der Waals surface area contributed by atoms with Crippen LogP contribution in [0.1, 0.15) is 95.7 Å². The summed E-state index contributed by atoms with van der Waals surface area (Å²) in [6.07, 6.45) is 8.05. The first-order valence-electron chi connectivity index (χ1n) is 21.9. The lowest BCUT2D eigenvalue weighted by molar-refractivity contribution is -0.136. The fraction of sp³-hybridized carbons (Fsp3) is 0.396. The van der Waals surface area contributed by atoms with Crippen molar-refractivity contribution in [2.24, 2.45) is 11.8 Å². The average molecular weight is 876 g/mol. The smallest absolute Gasteiger partial charge is 0.255 e. The number of ketones is 1. The quantitative estimate of drug-likeness (QED) is 0.0665. The molecule has 1 unspecified atom stereocenters. The molecule has 9 rings (SSSR count). The number of aromatic nitrogens is 2. The van der Waals surface area contributed by atoms with Crippen LogP contribution in [-0.2, 0) is 27.5 Å². The fourth-order valence-electron chi connectivity index (χ4n) is 9.69. The Morgan fingerprint density at radius 2 is 1.70 bits per heavy atom. The predicted molar refractivity (Wildman–Crippen MR) is 239 cm³/mol. The number of carbonyl (C=O) groups is 4. The molecule has 0 radical (unpaired) electrons. The molecule has 3 saturated heterocycles. The summed E-state index contributed by atoms with van der Waals surface area (Å²) in [5.41, 5.74) is 5.24. The third kappa shape index (κ3) is 8.83. The summed E-state index contributed by atoms with van der Waals surface area (Å²) < 4.78 is 45.6. The van der Waals surface area contributed by atoms with Gasteiger partial charge < -0.3 is 24.2 Å². The van der Waals surface area contributed by atoms with Crippen molar-refractivity contribution < 1.29 is 32.5 Å². The van der Waals surface area contributed by atoms with Gasteiger partial charge in [-0.2, -0.15) is 0 Å². The van der Waals surface area contributed by atoms with E-state index in [0.717, 1.165) is 92.9 Å². The molecule has 12 nitrogen and oxygen atoms in total. The molecule has 3 amide bonds. The Kier molecular flexibility index (Phi) is 12.1. The lowest BCUT2D eigenvalue weighted by Crippen LogP contribution is -2.52. The monoisotopic (exact) mass is 875 g/mol. The maximum atomic E-state index is 15.6. The number of hydrogen-bond donors (Lipinski definition) is 3. The van der Waals surface area contributed by atoms with Crippen molar-refractivity contribution in [3.63, 3.8) is 0 Å². The first-order chi connectivity index (χ1) is 30.4. The van der Waals surface area contributed by atoms with Gasteiger partial charge >= 0.3 is 0 Å². The largest absolute Gasteiger partial charge is 0.593 e. The minimum absolute atomic E-state index is 0.0841. The number of aromatic amines is 1. The number of piperidine rings is 3. The number of halogens is 2. The summed E-state index contributed by atoms with van der Waals surface area (Å²) in [6.45, 7) is 9.24. The van der Waals surface area contributed by atoms with Gasteiger partial charge in [0.2, 0.25) is 17.6 Å². The zero-order valence-electron chi connectivity index (χ0n) is 35.4. The van der Waals surface area contributed by atoms with Gasteiger partial charge in [-0.05, 0) is 110 Å². The molecule has 4 aliphatic heterocycles. The van der Waals surface area contributed by atoms with Gasteiger partial charge in [-0.25, -0.2) is 18.5 Å². The number of rotatable bonds is 12. The normalized spacial score (nSPS) is 19.5. The number of hydrogen-bond acceptors (Lipinski definition) is 9. The predicted octanol–water partition coefficient (Wildman–Crippen LogP) is 7.33. The Morgan fingerprint density at radius 1 is 0.937 bits per heavy atom. The number of amides is 3. The molecule has 2 aromatic heterocycles. The number of likely N-dealkylation sites (tertiary alicyclic amines) is 1. The number of nitrogens with one attached hydrogen (secondary N) is 3. The number of carbonyl (C=O) groups excluding carboxylic acids is 4. The van der Waals surface area contributed by atoms with Crippen LogP contribution in [0.15, 0.2) is 73.1 Å². The van der Waals surface area contributed by atoms with E-state index in [1.54, 1.807) is 17.2 Å². The third-order valence-corrected chi connectivity index (χ3v) is 14.5. The van der Waals surface area contributed by atoms with E-state index in [9.17, 15) is 23.7 Å². The van der Waals surface area contributed by atoms with Crippen molar-refractivity contribution in [2.45, 2.75) is 70.9 Å². The van der Waals surface area contributed by atoms with E-state index in [1.165, 1.54) is 11.8 Å². The summed E-state index contributed by atoms with van der Waals surface area (Å²) in [4.78, 5) is 65.1. The van der Waals surface area contributed by atoms with Crippen molar-refractivity contribution in [1.29, 1.82) is 0 Å². The van der Waals surface area contributed by atoms with Gasteiger partial charge in [0.25, 0.3) is 5.91 Å². The summed E-state index contributed by atoms with van der Waals surface area (Å²) in [6, 6.07) is 17.8. The van der Waals surface area contributed by atoms with Gasteiger partial charge in [-0.3, -0.25) is 24.5 Å². The van der Waals surface area contributed by atoms with Gasteiger partial charge in [-0.1, -0.05) is 38.1 Å². The Bertz CT molecular complexity index is 2570. The van der Waals surface area contributed by atoms with Crippen LogP contribution < -0.4 is 14.9 Å². The lowest BCUT2D eigenvalue weighted by Gasteiger charge is -2.38. The highest BCUT2D eigenvalue weighted by Gasteiger charge is 2.39. The SMILES string of the molecule is CC(C)C[S+]([O-])Nc1ccc(F)c(C(=O)c2c[nH]c3ncc(-c4ccc(N5CCC(CN6CCC(c7ccc8c(c7)CN([C@H]7CCC(=O)NC7=O)C8=O)CC6)CC5)cc4)cc23)c1F. The molecule has 0 bridgehead atoms. The highest BCUT2D eigenvalue weighted by Crippen LogP contribution is 2.36. The zero-order valence-corrected chi connectivity index (χ0v) is 36.2. The van der Waals surface area contributed by atoms with Gasteiger partial charge in [-0.15, -0.1) is 0 Å². The number of benzene rings is 3. The lowest BCUT2D eigenvalue weighted by atomic mass is 9.87. The van der Waals surface area contributed by atoms with Crippen LogP contribution in [0.25, 0.3) is 22.2 Å². The number of nitrogens with zero attached hydrogens (tertiary/aromatic N) is 4. The van der Waals surface area contributed by atoms with Crippen LogP contribution in [0, 0.1) is 23.5 Å². The van der Waals surface area contributed by atoms with Crippen LogP contribution in [0.2, 0.25) is 0 Å². The highest BCUT2D eigenvalue weighted by molar-refractivity contribution is 7.92. The molecule has 15 heteroatoms. The summed E-state index contributed by atoms with van der Waals surface area (Å²) in [5, 5.41) is 2.82. The molecule has 0 spiro atoms. The minimum atomic E-state index is -1.60. The van der Waals surface area contributed by atoms with Crippen LogP contribution in [-0.4, -0.2) is 92.3 Å². The molecule has 328 valence electrons. The number of imide groups is 1. The Hall–Kier alpha value is -5.64. The Labute approximate surface area is 368 Å². The first kappa shape index (κ1) is 42.7. The van der Waals surface area contributed by atoms with E-state index in [2.05, 4.69) is 54.1 Å². The first-order valence-corrected chi connectivity index (χ1v) is 23.2. The molecule has 0 saturated carbocycles. The molecule has 0 aliphatic carbocycles. The second-order valence-electron chi connectivity index (χ2n) is 17.8. The number of pyridine rings is 1. The Balaban J connectivity index is 0.776. The van der Waals surface area contributed by atoms with Crippen molar-refractivity contribution >= 4 is 57.3 Å². The van der Waals surface area contributed by atoms with E-state index < -0.39 is 40.4 Å². The maximum absolute atomic E-state index is 15.6. The van der Waals surface area contributed by atoms with E-state index in [1.807, 2.05) is 32.0 Å².